The van der Waals surface area contributed by atoms with Gasteiger partial charge in [0, 0.05) is 13.1 Å². The summed E-state index contributed by atoms with van der Waals surface area (Å²) in [6, 6.07) is 0. The standard InChI is InChI=1S/C9H15N3/c1-7-8(2)10-12-5-4-11(3)6-9(7)12/h4-6H2,1-3H3. The fourth-order valence-electron chi connectivity index (χ4n) is 1.70. The van der Waals surface area contributed by atoms with Crippen molar-refractivity contribution in [2.75, 3.05) is 13.6 Å². The average molecular weight is 165 g/mol. The molecule has 2 rings (SSSR count). The Labute approximate surface area is 73.0 Å². The summed E-state index contributed by atoms with van der Waals surface area (Å²) in [5.74, 6) is 0. The summed E-state index contributed by atoms with van der Waals surface area (Å²) in [6.45, 7) is 7.45. The van der Waals surface area contributed by atoms with Crippen LogP contribution in [0, 0.1) is 13.8 Å². The third-order valence-electron chi connectivity index (χ3n) is 2.67. The number of fused-ring (bicyclic) bond motifs is 1. The molecule has 3 heteroatoms. The van der Waals surface area contributed by atoms with Crippen LogP contribution in [0.2, 0.25) is 0 Å². The molecule has 0 saturated carbocycles. The third kappa shape index (κ3) is 1.05. The predicted octanol–water partition coefficient (Wildman–Crippen LogP) is 0.945. The molecule has 66 valence electrons. The second-order valence-corrected chi connectivity index (χ2v) is 3.62. The molecule has 1 aliphatic rings. The highest BCUT2D eigenvalue weighted by Gasteiger charge is 2.17. The number of hydrogen-bond acceptors (Lipinski definition) is 2. The summed E-state index contributed by atoms with van der Waals surface area (Å²) >= 11 is 0. The molecule has 0 unspecified atom stereocenters. The molecule has 3 nitrogen and oxygen atoms in total. The Morgan fingerprint density at radius 1 is 1.25 bits per heavy atom. The van der Waals surface area contributed by atoms with Crippen molar-refractivity contribution >= 4 is 0 Å². The first-order valence-corrected chi connectivity index (χ1v) is 4.40. The van der Waals surface area contributed by atoms with Gasteiger partial charge in [0.15, 0.2) is 0 Å². The molecule has 0 atom stereocenters. The molecule has 0 amide bonds. The highest BCUT2D eigenvalue weighted by atomic mass is 15.3. The smallest absolute Gasteiger partial charge is 0.0626 e. The highest BCUT2D eigenvalue weighted by molar-refractivity contribution is 5.24. The van der Waals surface area contributed by atoms with E-state index in [2.05, 4.69) is 35.6 Å². The number of aryl methyl sites for hydroxylation is 1. The largest absolute Gasteiger partial charge is 0.299 e. The second kappa shape index (κ2) is 2.59. The van der Waals surface area contributed by atoms with Gasteiger partial charge in [-0.2, -0.15) is 5.10 Å². The molecule has 2 heterocycles. The Balaban J connectivity index is 2.44. The van der Waals surface area contributed by atoms with E-state index in [1.807, 2.05) is 0 Å². The van der Waals surface area contributed by atoms with E-state index in [4.69, 9.17) is 0 Å². The Morgan fingerprint density at radius 3 is 2.75 bits per heavy atom. The van der Waals surface area contributed by atoms with Crippen LogP contribution in [0.1, 0.15) is 17.0 Å². The minimum Gasteiger partial charge on any atom is -0.299 e. The molecular weight excluding hydrogens is 150 g/mol. The molecule has 12 heavy (non-hydrogen) atoms. The zero-order valence-corrected chi connectivity index (χ0v) is 7.96. The van der Waals surface area contributed by atoms with Crippen LogP contribution < -0.4 is 0 Å². The van der Waals surface area contributed by atoms with Gasteiger partial charge in [0.25, 0.3) is 0 Å². The van der Waals surface area contributed by atoms with E-state index in [1.165, 1.54) is 17.0 Å². The van der Waals surface area contributed by atoms with Crippen LogP contribution in [0.25, 0.3) is 0 Å². The summed E-state index contributed by atoms with van der Waals surface area (Å²) in [7, 11) is 2.16. The number of aromatic nitrogens is 2. The topological polar surface area (TPSA) is 21.1 Å². The third-order valence-corrected chi connectivity index (χ3v) is 2.67. The molecular formula is C9H15N3. The summed E-state index contributed by atoms with van der Waals surface area (Å²) in [5, 5.41) is 4.48. The number of rotatable bonds is 0. The molecule has 0 fully saturated rings. The van der Waals surface area contributed by atoms with Crippen molar-refractivity contribution in [1.29, 1.82) is 0 Å². The molecule has 0 saturated heterocycles. The molecule has 0 spiro atoms. The zero-order chi connectivity index (χ0) is 8.72. The quantitative estimate of drug-likeness (QED) is 0.570. The van der Waals surface area contributed by atoms with Crippen LogP contribution in [0.5, 0.6) is 0 Å². The summed E-state index contributed by atoms with van der Waals surface area (Å²) in [6.07, 6.45) is 0. The van der Waals surface area contributed by atoms with Crippen LogP contribution in [0.4, 0.5) is 0 Å². The van der Waals surface area contributed by atoms with Crippen LogP contribution in [-0.2, 0) is 13.1 Å². The van der Waals surface area contributed by atoms with Crippen molar-refractivity contribution in [3.63, 3.8) is 0 Å². The molecule has 1 aromatic rings. The van der Waals surface area contributed by atoms with Crippen molar-refractivity contribution < 1.29 is 0 Å². The van der Waals surface area contributed by atoms with Crippen LogP contribution in [-0.4, -0.2) is 28.3 Å². The van der Waals surface area contributed by atoms with Gasteiger partial charge in [-0.15, -0.1) is 0 Å². The maximum atomic E-state index is 4.48. The van der Waals surface area contributed by atoms with Gasteiger partial charge in [-0.05, 0) is 26.5 Å². The lowest BCUT2D eigenvalue weighted by Gasteiger charge is -2.23. The van der Waals surface area contributed by atoms with Gasteiger partial charge in [-0.25, -0.2) is 0 Å². The molecule has 0 aliphatic carbocycles. The molecule has 0 radical (unpaired) electrons. The van der Waals surface area contributed by atoms with Crippen LogP contribution >= 0.6 is 0 Å². The monoisotopic (exact) mass is 165 g/mol. The van der Waals surface area contributed by atoms with Crippen LogP contribution in [0.3, 0.4) is 0 Å². The van der Waals surface area contributed by atoms with E-state index in [0.29, 0.717) is 0 Å². The van der Waals surface area contributed by atoms with Crippen molar-refractivity contribution in [3.8, 4) is 0 Å². The lowest BCUT2D eigenvalue weighted by atomic mass is 10.2. The Kier molecular flexibility index (Phi) is 1.68. The highest BCUT2D eigenvalue weighted by Crippen LogP contribution is 2.17. The van der Waals surface area contributed by atoms with E-state index in [-0.39, 0.29) is 0 Å². The van der Waals surface area contributed by atoms with Gasteiger partial charge in [0.1, 0.15) is 0 Å². The Morgan fingerprint density at radius 2 is 2.00 bits per heavy atom. The molecule has 1 aliphatic heterocycles. The predicted molar refractivity (Wildman–Crippen MR) is 48.0 cm³/mol. The number of hydrogen-bond donors (Lipinski definition) is 0. The van der Waals surface area contributed by atoms with Crippen LogP contribution in [0.15, 0.2) is 0 Å². The number of likely N-dealkylation sites (N-methyl/N-ethyl adjacent to an activating group) is 1. The first kappa shape index (κ1) is 7.80. The SMILES string of the molecule is Cc1nn2c(c1C)CN(C)CC2. The minimum absolute atomic E-state index is 1.04. The van der Waals surface area contributed by atoms with Gasteiger partial charge in [0.2, 0.25) is 0 Å². The van der Waals surface area contributed by atoms with Gasteiger partial charge >= 0.3 is 0 Å². The summed E-state index contributed by atoms with van der Waals surface area (Å²) < 4.78 is 2.14. The average Bonchev–Trinajstić information content (AvgIpc) is 2.31. The van der Waals surface area contributed by atoms with Gasteiger partial charge in [0.05, 0.1) is 17.9 Å². The lowest BCUT2D eigenvalue weighted by Crippen LogP contribution is -2.30. The van der Waals surface area contributed by atoms with E-state index >= 15 is 0 Å². The molecule has 1 aromatic heterocycles. The zero-order valence-electron chi connectivity index (χ0n) is 7.96. The van der Waals surface area contributed by atoms with Crippen molar-refractivity contribution in [3.05, 3.63) is 17.0 Å². The van der Waals surface area contributed by atoms with Crippen molar-refractivity contribution in [2.45, 2.75) is 26.9 Å². The normalized spacial score (nSPS) is 17.9. The lowest BCUT2D eigenvalue weighted by molar-refractivity contribution is 0.258. The van der Waals surface area contributed by atoms with Gasteiger partial charge < -0.3 is 0 Å². The summed E-state index contributed by atoms with van der Waals surface area (Å²) in [4.78, 5) is 2.34. The Hall–Kier alpha value is -0.830. The van der Waals surface area contributed by atoms with Gasteiger partial charge in [-0.1, -0.05) is 0 Å². The molecule has 0 bridgehead atoms. The second-order valence-electron chi connectivity index (χ2n) is 3.62. The fraction of sp³-hybridized carbons (Fsp3) is 0.667. The minimum atomic E-state index is 1.04. The molecule has 0 N–H and O–H groups in total. The van der Waals surface area contributed by atoms with Crippen molar-refractivity contribution in [1.82, 2.24) is 14.7 Å². The first-order chi connectivity index (χ1) is 5.68. The number of nitrogens with zero attached hydrogens (tertiary/aromatic N) is 3. The van der Waals surface area contributed by atoms with Crippen molar-refractivity contribution in [2.24, 2.45) is 0 Å². The van der Waals surface area contributed by atoms with Gasteiger partial charge in [-0.3, -0.25) is 9.58 Å². The molecule has 0 aromatic carbocycles. The van der Waals surface area contributed by atoms with E-state index < -0.39 is 0 Å². The maximum Gasteiger partial charge on any atom is 0.0626 e. The first-order valence-electron chi connectivity index (χ1n) is 4.40. The maximum absolute atomic E-state index is 4.48. The summed E-state index contributed by atoms with van der Waals surface area (Å²) in [5.41, 5.74) is 3.93. The van der Waals surface area contributed by atoms with E-state index in [0.717, 1.165) is 19.6 Å². The fourth-order valence-corrected chi connectivity index (χ4v) is 1.70. The van der Waals surface area contributed by atoms with E-state index in [9.17, 15) is 0 Å². The Bertz CT molecular complexity index is 301. The van der Waals surface area contributed by atoms with E-state index in [1.54, 1.807) is 0 Å².